The first kappa shape index (κ1) is 16.3. The lowest BCUT2D eigenvalue weighted by Gasteiger charge is -2.35. The monoisotopic (exact) mass is 268 g/mol. The molecule has 0 aromatic carbocycles. The van der Waals surface area contributed by atoms with E-state index in [9.17, 15) is 0 Å². The molecule has 19 heavy (non-hydrogen) atoms. The van der Waals surface area contributed by atoms with Gasteiger partial charge >= 0.3 is 0 Å². The average Bonchev–Trinajstić information content (AvgIpc) is 2.37. The Kier molecular flexibility index (Phi) is 7.21. The van der Waals surface area contributed by atoms with Gasteiger partial charge in [-0.1, -0.05) is 33.1 Å². The summed E-state index contributed by atoms with van der Waals surface area (Å²) in [6, 6.07) is 0.563. The molecule has 1 aliphatic rings. The maximum absolute atomic E-state index is 5.92. The first-order valence-corrected chi connectivity index (χ1v) is 7.71. The van der Waals surface area contributed by atoms with Gasteiger partial charge in [-0.15, -0.1) is 0 Å². The molecule has 1 rings (SSSR count). The van der Waals surface area contributed by atoms with E-state index < -0.39 is 0 Å². The number of guanidine groups is 1. The van der Waals surface area contributed by atoms with E-state index in [-0.39, 0.29) is 0 Å². The molecule has 1 atom stereocenters. The molecule has 0 heterocycles. The minimum Gasteiger partial charge on any atom is -0.370 e. The van der Waals surface area contributed by atoms with E-state index in [1.807, 2.05) is 0 Å². The topological polar surface area (TPSA) is 53.6 Å². The van der Waals surface area contributed by atoms with Crippen LogP contribution in [0.5, 0.6) is 0 Å². The van der Waals surface area contributed by atoms with Crippen LogP contribution < -0.4 is 11.1 Å². The molecule has 0 amide bonds. The third-order valence-electron chi connectivity index (χ3n) is 3.98. The van der Waals surface area contributed by atoms with Gasteiger partial charge in [0.1, 0.15) is 0 Å². The Labute approximate surface area is 118 Å². The summed E-state index contributed by atoms with van der Waals surface area (Å²) in [7, 11) is 4.34. The molecule has 4 heteroatoms. The average molecular weight is 268 g/mol. The van der Waals surface area contributed by atoms with Crippen molar-refractivity contribution in [1.82, 2.24) is 10.2 Å². The lowest BCUT2D eigenvalue weighted by atomic mass is 9.83. The molecular formula is C15H32N4. The van der Waals surface area contributed by atoms with Crippen LogP contribution in [-0.4, -0.2) is 44.1 Å². The highest BCUT2D eigenvalue weighted by Gasteiger charge is 2.25. The first-order valence-electron chi connectivity index (χ1n) is 7.71. The minimum atomic E-state index is 0.559. The van der Waals surface area contributed by atoms with Crippen LogP contribution >= 0.6 is 0 Å². The number of aliphatic imine (C=N–C) groups is 1. The fraction of sp³-hybridized carbons (Fsp3) is 0.933. The van der Waals surface area contributed by atoms with E-state index in [0.29, 0.717) is 17.9 Å². The maximum atomic E-state index is 5.92. The fourth-order valence-corrected chi connectivity index (χ4v) is 2.84. The zero-order valence-electron chi connectivity index (χ0n) is 13.2. The van der Waals surface area contributed by atoms with Crippen molar-refractivity contribution in [2.45, 2.75) is 52.0 Å². The summed E-state index contributed by atoms with van der Waals surface area (Å²) in [5, 5.41) is 3.30. The summed E-state index contributed by atoms with van der Waals surface area (Å²) in [5.41, 5.74) is 5.92. The molecule has 4 nitrogen and oxygen atoms in total. The number of hydrogen-bond donors (Lipinski definition) is 2. The number of nitrogens with one attached hydrogen (secondary N) is 1. The third kappa shape index (κ3) is 6.28. The number of nitrogens with zero attached hydrogens (tertiary/aromatic N) is 2. The highest BCUT2D eigenvalue weighted by atomic mass is 15.2. The maximum Gasteiger partial charge on any atom is 0.188 e. The zero-order chi connectivity index (χ0) is 14.3. The smallest absolute Gasteiger partial charge is 0.188 e. The highest BCUT2D eigenvalue weighted by Crippen LogP contribution is 2.27. The lowest BCUT2D eigenvalue weighted by molar-refractivity contribution is 0.171. The van der Waals surface area contributed by atoms with Crippen molar-refractivity contribution in [3.05, 3.63) is 0 Å². The largest absolute Gasteiger partial charge is 0.370 e. The van der Waals surface area contributed by atoms with Gasteiger partial charge in [0.2, 0.25) is 0 Å². The van der Waals surface area contributed by atoms with Crippen LogP contribution in [0.2, 0.25) is 0 Å². The molecule has 0 aliphatic heterocycles. The summed E-state index contributed by atoms with van der Waals surface area (Å²) in [6.07, 6.45) is 6.88. The Morgan fingerprint density at radius 1 is 1.26 bits per heavy atom. The Bertz CT molecular complexity index is 267. The zero-order valence-corrected chi connectivity index (χ0v) is 13.2. The summed E-state index contributed by atoms with van der Waals surface area (Å²) in [4.78, 5) is 6.70. The van der Waals surface area contributed by atoms with Crippen molar-refractivity contribution >= 4 is 5.96 Å². The van der Waals surface area contributed by atoms with Crippen molar-refractivity contribution < 1.29 is 0 Å². The standard InChI is InChI=1S/C15H32N4/c1-12(2)10-17-15(16)18-11-14(19(3)4)13-8-6-5-7-9-13/h12-14H,5-11H2,1-4H3,(H3,16,17,18). The third-order valence-corrected chi connectivity index (χ3v) is 3.98. The van der Waals surface area contributed by atoms with Gasteiger partial charge in [-0.3, -0.25) is 4.99 Å². The van der Waals surface area contributed by atoms with Crippen molar-refractivity contribution in [3.8, 4) is 0 Å². The van der Waals surface area contributed by atoms with E-state index in [2.05, 4.69) is 43.2 Å². The Morgan fingerprint density at radius 3 is 2.42 bits per heavy atom. The SMILES string of the molecule is CC(C)CN=C(N)NCC(C1CCCCC1)N(C)C. The summed E-state index contributed by atoms with van der Waals surface area (Å²) in [6.45, 7) is 6.02. The van der Waals surface area contributed by atoms with Crippen molar-refractivity contribution in [2.24, 2.45) is 22.6 Å². The van der Waals surface area contributed by atoms with E-state index >= 15 is 0 Å². The van der Waals surface area contributed by atoms with Crippen molar-refractivity contribution in [1.29, 1.82) is 0 Å². The summed E-state index contributed by atoms with van der Waals surface area (Å²) >= 11 is 0. The molecule has 1 aliphatic carbocycles. The molecule has 0 saturated heterocycles. The molecule has 112 valence electrons. The molecule has 0 radical (unpaired) electrons. The molecule has 3 N–H and O–H groups in total. The van der Waals surface area contributed by atoms with Gasteiger partial charge in [0, 0.05) is 19.1 Å². The normalized spacial score (nSPS) is 20.0. The lowest BCUT2D eigenvalue weighted by Crippen LogP contribution is -2.47. The molecule has 1 unspecified atom stereocenters. The number of rotatable bonds is 6. The van der Waals surface area contributed by atoms with Crippen molar-refractivity contribution in [3.63, 3.8) is 0 Å². The molecule has 0 aromatic heterocycles. The van der Waals surface area contributed by atoms with E-state index in [1.165, 1.54) is 32.1 Å². The van der Waals surface area contributed by atoms with Crippen molar-refractivity contribution in [2.75, 3.05) is 27.2 Å². The van der Waals surface area contributed by atoms with Gasteiger partial charge in [0.05, 0.1) is 0 Å². The van der Waals surface area contributed by atoms with Gasteiger partial charge in [-0.05, 0) is 38.8 Å². The van der Waals surface area contributed by atoms with Crippen LogP contribution in [0.3, 0.4) is 0 Å². The predicted molar refractivity (Wildman–Crippen MR) is 83.4 cm³/mol. The quantitative estimate of drug-likeness (QED) is 0.573. The van der Waals surface area contributed by atoms with Crippen LogP contribution in [0.15, 0.2) is 4.99 Å². The van der Waals surface area contributed by atoms with Crippen LogP contribution in [-0.2, 0) is 0 Å². The minimum absolute atomic E-state index is 0.559. The van der Waals surface area contributed by atoms with Gasteiger partial charge in [0.15, 0.2) is 5.96 Å². The van der Waals surface area contributed by atoms with Gasteiger partial charge in [-0.25, -0.2) is 0 Å². The molecule has 0 spiro atoms. The van der Waals surface area contributed by atoms with Crippen LogP contribution in [0.4, 0.5) is 0 Å². The van der Waals surface area contributed by atoms with Crippen LogP contribution in [0.25, 0.3) is 0 Å². The second-order valence-corrected chi connectivity index (χ2v) is 6.43. The Balaban J connectivity index is 2.43. The predicted octanol–water partition coefficient (Wildman–Crippen LogP) is 2.06. The van der Waals surface area contributed by atoms with E-state index in [0.717, 1.165) is 19.0 Å². The Hall–Kier alpha value is -0.770. The Morgan fingerprint density at radius 2 is 1.89 bits per heavy atom. The number of likely N-dealkylation sites (N-methyl/N-ethyl adjacent to an activating group) is 1. The first-order chi connectivity index (χ1) is 9.00. The fourth-order valence-electron chi connectivity index (χ4n) is 2.84. The van der Waals surface area contributed by atoms with Crippen LogP contribution in [0, 0.1) is 11.8 Å². The number of nitrogens with two attached hydrogens (primary N) is 1. The molecule has 1 saturated carbocycles. The van der Waals surface area contributed by atoms with Gasteiger partial charge < -0.3 is 16.0 Å². The molecular weight excluding hydrogens is 236 g/mol. The second kappa shape index (κ2) is 8.41. The summed E-state index contributed by atoms with van der Waals surface area (Å²) in [5.74, 6) is 1.95. The van der Waals surface area contributed by atoms with Crippen LogP contribution in [0.1, 0.15) is 46.0 Å². The molecule has 0 aromatic rings. The van der Waals surface area contributed by atoms with E-state index in [1.54, 1.807) is 0 Å². The second-order valence-electron chi connectivity index (χ2n) is 6.43. The van der Waals surface area contributed by atoms with Gasteiger partial charge in [-0.2, -0.15) is 0 Å². The van der Waals surface area contributed by atoms with E-state index in [4.69, 9.17) is 5.73 Å². The molecule has 0 bridgehead atoms. The number of hydrogen-bond acceptors (Lipinski definition) is 2. The van der Waals surface area contributed by atoms with Gasteiger partial charge in [0.25, 0.3) is 0 Å². The molecule has 1 fully saturated rings. The summed E-state index contributed by atoms with van der Waals surface area (Å²) < 4.78 is 0. The highest BCUT2D eigenvalue weighted by molar-refractivity contribution is 5.77.